The summed E-state index contributed by atoms with van der Waals surface area (Å²) in [6.07, 6.45) is 3.23. The van der Waals surface area contributed by atoms with Crippen molar-refractivity contribution >= 4 is 5.69 Å². The van der Waals surface area contributed by atoms with Crippen molar-refractivity contribution in [1.82, 2.24) is 15.2 Å². The molecule has 0 saturated carbocycles. The van der Waals surface area contributed by atoms with E-state index in [1.807, 2.05) is 37.4 Å². The van der Waals surface area contributed by atoms with E-state index in [9.17, 15) is 0 Å². The van der Waals surface area contributed by atoms with Gasteiger partial charge in [0.15, 0.2) is 0 Å². The van der Waals surface area contributed by atoms with Crippen LogP contribution in [-0.2, 0) is 6.54 Å². The summed E-state index contributed by atoms with van der Waals surface area (Å²) in [5, 5.41) is 11.0. The fourth-order valence-electron chi connectivity index (χ4n) is 2.09. The van der Waals surface area contributed by atoms with E-state index >= 15 is 0 Å². The highest BCUT2D eigenvalue weighted by atomic mass is 16.4. The molecule has 0 fully saturated rings. The van der Waals surface area contributed by atoms with E-state index in [0.717, 1.165) is 34.6 Å². The van der Waals surface area contributed by atoms with Gasteiger partial charge in [-0.25, -0.2) is 0 Å². The molecule has 106 valence electrons. The number of nitrogens with one attached hydrogen (secondary N) is 1. The Bertz CT molecular complexity index is 721. The van der Waals surface area contributed by atoms with Crippen LogP contribution in [-0.4, -0.2) is 15.2 Å². The van der Waals surface area contributed by atoms with Gasteiger partial charge in [-0.15, -0.1) is 10.2 Å². The fraction of sp³-hybridized carbons (Fsp3) is 0.188. The van der Waals surface area contributed by atoms with E-state index in [1.54, 1.807) is 0 Å². The Kier molecular flexibility index (Phi) is 3.64. The van der Waals surface area contributed by atoms with E-state index in [-0.39, 0.29) is 0 Å². The number of nitrogens with zero attached hydrogens (tertiary/aromatic N) is 3. The average molecular weight is 280 g/mol. The zero-order valence-electron chi connectivity index (χ0n) is 12.0. The van der Waals surface area contributed by atoms with Crippen LogP contribution >= 0.6 is 0 Å². The highest BCUT2D eigenvalue weighted by Gasteiger charge is 2.06. The maximum atomic E-state index is 5.20. The first-order valence-corrected chi connectivity index (χ1v) is 6.75. The first-order chi connectivity index (χ1) is 10.2. The van der Waals surface area contributed by atoms with Crippen molar-refractivity contribution in [1.29, 1.82) is 0 Å². The molecule has 0 unspecified atom stereocenters. The van der Waals surface area contributed by atoms with Gasteiger partial charge in [0.1, 0.15) is 0 Å². The van der Waals surface area contributed by atoms with Crippen LogP contribution in [0, 0.1) is 13.8 Å². The summed E-state index contributed by atoms with van der Waals surface area (Å²) in [6, 6.07) is 10.1. The van der Waals surface area contributed by atoms with Gasteiger partial charge < -0.3 is 9.73 Å². The van der Waals surface area contributed by atoms with Crippen molar-refractivity contribution in [2.45, 2.75) is 20.4 Å². The number of aromatic nitrogens is 3. The monoisotopic (exact) mass is 280 g/mol. The molecule has 0 amide bonds. The number of benzene rings is 1. The smallest absolute Gasteiger partial charge is 0.247 e. The van der Waals surface area contributed by atoms with Crippen LogP contribution in [0.1, 0.15) is 16.8 Å². The van der Waals surface area contributed by atoms with Crippen LogP contribution in [0.4, 0.5) is 5.69 Å². The minimum Gasteiger partial charge on any atom is -0.423 e. The van der Waals surface area contributed by atoms with Crippen LogP contribution in [0.25, 0.3) is 11.5 Å². The summed E-state index contributed by atoms with van der Waals surface area (Å²) in [5.74, 6) is 0.535. The molecular formula is C16H16N4O. The predicted molar refractivity (Wildman–Crippen MR) is 80.8 cm³/mol. The first-order valence-electron chi connectivity index (χ1n) is 6.75. The van der Waals surface area contributed by atoms with Crippen LogP contribution in [0.15, 0.2) is 47.3 Å². The molecule has 1 N–H and O–H groups in total. The zero-order chi connectivity index (χ0) is 14.7. The highest BCUT2D eigenvalue weighted by Crippen LogP contribution is 2.23. The third-order valence-corrected chi connectivity index (χ3v) is 3.29. The first kappa shape index (κ1) is 13.3. The Hall–Kier alpha value is -2.69. The normalized spacial score (nSPS) is 10.6. The molecule has 0 aliphatic heterocycles. The summed E-state index contributed by atoms with van der Waals surface area (Å²) in [4.78, 5) is 4.29. The Morgan fingerprint density at radius 3 is 2.71 bits per heavy atom. The molecule has 3 rings (SSSR count). The summed E-state index contributed by atoms with van der Waals surface area (Å²) < 4.78 is 5.20. The molecule has 3 aromatic rings. The average Bonchev–Trinajstić information content (AvgIpc) is 3.02. The molecule has 0 aliphatic carbocycles. The molecule has 2 aromatic heterocycles. The lowest BCUT2D eigenvalue weighted by Crippen LogP contribution is -2.01. The van der Waals surface area contributed by atoms with Gasteiger partial charge >= 0.3 is 0 Å². The largest absolute Gasteiger partial charge is 0.423 e. The quantitative estimate of drug-likeness (QED) is 0.794. The summed E-state index contributed by atoms with van der Waals surface area (Å²) in [6.45, 7) is 4.78. The lowest BCUT2D eigenvalue weighted by Gasteiger charge is -2.10. The second-order valence-corrected chi connectivity index (χ2v) is 4.93. The third kappa shape index (κ3) is 3.08. The van der Waals surface area contributed by atoms with Crippen LogP contribution in [0.2, 0.25) is 0 Å². The van der Waals surface area contributed by atoms with Crippen molar-refractivity contribution in [2.75, 3.05) is 5.32 Å². The summed E-state index contributed by atoms with van der Waals surface area (Å²) >= 11 is 0. The summed E-state index contributed by atoms with van der Waals surface area (Å²) in [5.41, 5.74) is 5.32. The predicted octanol–water partition coefficient (Wildman–Crippen LogP) is 3.36. The molecule has 21 heavy (non-hydrogen) atoms. The van der Waals surface area contributed by atoms with Gasteiger partial charge in [-0.2, -0.15) is 0 Å². The molecule has 0 aliphatic rings. The SMILES string of the molecule is Cc1ccc(CNc2ccc(-c3nnco3)cc2C)cn1. The molecule has 0 radical (unpaired) electrons. The van der Waals surface area contributed by atoms with Gasteiger partial charge in [0, 0.05) is 29.7 Å². The number of anilines is 1. The molecule has 0 spiro atoms. The maximum absolute atomic E-state index is 5.20. The minimum absolute atomic E-state index is 0.535. The molecule has 0 bridgehead atoms. The lowest BCUT2D eigenvalue weighted by molar-refractivity contribution is 0.568. The number of aryl methyl sites for hydroxylation is 2. The molecule has 0 atom stereocenters. The topological polar surface area (TPSA) is 63.8 Å². The van der Waals surface area contributed by atoms with Crippen molar-refractivity contribution < 1.29 is 4.42 Å². The van der Waals surface area contributed by atoms with Gasteiger partial charge in [-0.1, -0.05) is 6.07 Å². The standard InChI is InChI=1S/C16H16N4O/c1-11-7-14(16-20-19-10-21-16)5-6-15(11)18-9-13-4-3-12(2)17-8-13/h3-8,10,18H,9H2,1-2H3. The van der Waals surface area contributed by atoms with Crippen molar-refractivity contribution in [3.63, 3.8) is 0 Å². The maximum Gasteiger partial charge on any atom is 0.247 e. The van der Waals surface area contributed by atoms with E-state index < -0.39 is 0 Å². The zero-order valence-corrected chi connectivity index (χ0v) is 12.0. The fourth-order valence-corrected chi connectivity index (χ4v) is 2.09. The van der Waals surface area contributed by atoms with E-state index in [2.05, 4.69) is 33.5 Å². The van der Waals surface area contributed by atoms with Crippen LogP contribution in [0.5, 0.6) is 0 Å². The Labute approximate surface area is 123 Å². The second-order valence-electron chi connectivity index (χ2n) is 4.93. The molecule has 1 aromatic carbocycles. The molecule has 2 heterocycles. The molecule has 5 nitrogen and oxygen atoms in total. The Morgan fingerprint density at radius 2 is 2.05 bits per heavy atom. The minimum atomic E-state index is 0.535. The number of hydrogen-bond donors (Lipinski definition) is 1. The van der Waals surface area contributed by atoms with E-state index in [1.165, 1.54) is 6.39 Å². The van der Waals surface area contributed by atoms with E-state index in [4.69, 9.17) is 4.42 Å². The molecule has 0 saturated heterocycles. The summed E-state index contributed by atoms with van der Waals surface area (Å²) in [7, 11) is 0. The van der Waals surface area contributed by atoms with Crippen molar-refractivity contribution in [2.24, 2.45) is 0 Å². The van der Waals surface area contributed by atoms with Crippen molar-refractivity contribution in [3.05, 3.63) is 59.7 Å². The highest BCUT2D eigenvalue weighted by molar-refractivity contribution is 5.62. The van der Waals surface area contributed by atoms with Crippen LogP contribution in [0.3, 0.4) is 0 Å². The number of hydrogen-bond acceptors (Lipinski definition) is 5. The van der Waals surface area contributed by atoms with Crippen LogP contribution < -0.4 is 5.32 Å². The number of pyridine rings is 1. The van der Waals surface area contributed by atoms with Gasteiger partial charge in [0.25, 0.3) is 0 Å². The lowest BCUT2D eigenvalue weighted by atomic mass is 10.1. The molecular weight excluding hydrogens is 264 g/mol. The Morgan fingerprint density at radius 1 is 1.14 bits per heavy atom. The van der Waals surface area contributed by atoms with Gasteiger partial charge in [0.2, 0.25) is 12.3 Å². The van der Waals surface area contributed by atoms with Gasteiger partial charge in [-0.05, 0) is 49.2 Å². The second kappa shape index (κ2) is 5.75. The Balaban J connectivity index is 1.73. The van der Waals surface area contributed by atoms with Gasteiger partial charge in [0.05, 0.1) is 0 Å². The van der Waals surface area contributed by atoms with Gasteiger partial charge in [-0.3, -0.25) is 4.98 Å². The van der Waals surface area contributed by atoms with Crippen molar-refractivity contribution in [3.8, 4) is 11.5 Å². The molecule has 5 heteroatoms. The number of rotatable bonds is 4. The third-order valence-electron chi connectivity index (χ3n) is 3.29. The van der Waals surface area contributed by atoms with E-state index in [0.29, 0.717) is 5.89 Å².